The number of phenolic OH excluding ortho intramolecular Hbond substituents is 2. The van der Waals surface area contributed by atoms with Crippen LogP contribution in [0.15, 0.2) is 24.3 Å². The van der Waals surface area contributed by atoms with Crippen molar-refractivity contribution in [2.24, 2.45) is 0 Å². The highest BCUT2D eigenvalue weighted by Gasteiger charge is 2.29. The molecule has 0 fully saturated rings. The van der Waals surface area contributed by atoms with Gasteiger partial charge in [-0.15, -0.1) is 0 Å². The minimum Gasteiger partial charge on any atom is -0.508 e. The molecule has 0 bridgehead atoms. The SMILES string of the molecule is CC(C)(C)c1ccc(O)c(C(C)(C)C)c1CCCCc1c(C(C)(C)C)ccc(O)c1C(C)(C)C. The van der Waals surface area contributed by atoms with Gasteiger partial charge in [-0.05, 0) is 81.7 Å². The Kier molecular flexibility index (Phi) is 7.98. The van der Waals surface area contributed by atoms with Crippen molar-refractivity contribution < 1.29 is 10.2 Å². The summed E-state index contributed by atoms with van der Waals surface area (Å²) in [5.41, 5.74) is 7.25. The molecule has 0 aliphatic carbocycles. The zero-order chi connectivity index (χ0) is 26.3. The summed E-state index contributed by atoms with van der Waals surface area (Å²) in [6, 6.07) is 7.99. The van der Waals surface area contributed by atoms with Gasteiger partial charge < -0.3 is 10.2 Å². The van der Waals surface area contributed by atoms with Crippen LogP contribution in [0.4, 0.5) is 0 Å². The summed E-state index contributed by atoms with van der Waals surface area (Å²) in [7, 11) is 0. The summed E-state index contributed by atoms with van der Waals surface area (Å²) in [6.45, 7) is 26.7. The summed E-state index contributed by atoms with van der Waals surface area (Å²) >= 11 is 0. The fraction of sp³-hybridized carbons (Fsp3) is 0.625. The molecule has 0 aromatic heterocycles. The predicted molar refractivity (Wildman–Crippen MR) is 148 cm³/mol. The molecule has 0 atom stereocenters. The lowest BCUT2D eigenvalue weighted by molar-refractivity contribution is 0.438. The van der Waals surface area contributed by atoms with Gasteiger partial charge in [-0.3, -0.25) is 0 Å². The number of phenols is 2. The van der Waals surface area contributed by atoms with Crippen molar-refractivity contribution in [1.82, 2.24) is 0 Å². The van der Waals surface area contributed by atoms with Gasteiger partial charge in [0.1, 0.15) is 11.5 Å². The van der Waals surface area contributed by atoms with Gasteiger partial charge in [0.2, 0.25) is 0 Å². The second-order valence-electron chi connectivity index (χ2n) is 14.2. The third-order valence-electron chi connectivity index (χ3n) is 6.80. The van der Waals surface area contributed by atoms with Gasteiger partial charge in [0.05, 0.1) is 0 Å². The zero-order valence-electron chi connectivity index (χ0n) is 24.0. The van der Waals surface area contributed by atoms with E-state index in [1.807, 2.05) is 12.1 Å². The Balaban J connectivity index is 2.43. The van der Waals surface area contributed by atoms with Crippen molar-refractivity contribution in [3.05, 3.63) is 57.6 Å². The summed E-state index contributed by atoms with van der Waals surface area (Å²) in [6.07, 6.45) is 3.97. The van der Waals surface area contributed by atoms with Gasteiger partial charge in [-0.2, -0.15) is 0 Å². The van der Waals surface area contributed by atoms with Crippen molar-refractivity contribution in [2.75, 3.05) is 0 Å². The number of benzene rings is 2. The Morgan fingerprint density at radius 3 is 1.00 bits per heavy atom. The van der Waals surface area contributed by atoms with Gasteiger partial charge in [0.25, 0.3) is 0 Å². The Morgan fingerprint density at radius 1 is 0.471 bits per heavy atom. The average molecular weight is 467 g/mol. The maximum absolute atomic E-state index is 10.8. The largest absolute Gasteiger partial charge is 0.508 e. The van der Waals surface area contributed by atoms with Crippen molar-refractivity contribution in [3.63, 3.8) is 0 Å². The molecule has 0 saturated carbocycles. The first-order valence-corrected chi connectivity index (χ1v) is 13.0. The first-order chi connectivity index (χ1) is 15.3. The second-order valence-corrected chi connectivity index (χ2v) is 14.2. The molecule has 2 aromatic rings. The fourth-order valence-corrected chi connectivity index (χ4v) is 5.47. The number of hydrogen-bond donors (Lipinski definition) is 2. The van der Waals surface area contributed by atoms with E-state index in [-0.39, 0.29) is 21.7 Å². The van der Waals surface area contributed by atoms with Gasteiger partial charge in [0.15, 0.2) is 0 Å². The lowest BCUT2D eigenvalue weighted by Crippen LogP contribution is -2.22. The molecule has 34 heavy (non-hydrogen) atoms. The molecule has 2 rings (SSSR count). The number of hydrogen-bond acceptors (Lipinski definition) is 2. The van der Waals surface area contributed by atoms with Crippen molar-refractivity contribution in [1.29, 1.82) is 0 Å². The van der Waals surface area contributed by atoms with E-state index in [1.165, 1.54) is 22.3 Å². The van der Waals surface area contributed by atoms with Gasteiger partial charge in [-0.1, -0.05) is 95.2 Å². The highest BCUT2D eigenvalue weighted by Crippen LogP contribution is 2.42. The highest BCUT2D eigenvalue weighted by atomic mass is 16.3. The van der Waals surface area contributed by atoms with E-state index in [0.29, 0.717) is 11.5 Å². The van der Waals surface area contributed by atoms with Crippen molar-refractivity contribution in [2.45, 2.75) is 130 Å². The van der Waals surface area contributed by atoms with Crippen LogP contribution in [0.25, 0.3) is 0 Å². The third-order valence-corrected chi connectivity index (χ3v) is 6.80. The molecule has 190 valence electrons. The van der Waals surface area contributed by atoms with Crippen LogP contribution in [0.2, 0.25) is 0 Å². The van der Waals surface area contributed by atoms with Crippen LogP contribution in [0, 0.1) is 0 Å². The molecule has 0 aliphatic rings. The lowest BCUT2D eigenvalue weighted by atomic mass is 9.73. The van der Waals surface area contributed by atoms with Gasteiger partial charge in [0, 0.05) is 11.1 Å². The van der Waals surface area contributed by atoms with Crippen molar-refractivity contribution >= 4 is 0 Å². The van der Waals surface area contributed by atoms with Gasteiger partial charge >= 0.3 is 0 Å². The molecule has 0 saturated heterocycles. The predicted octanol–water partition coefficient (Wildman–Crippen LogP) is 8.85. The summed E-state index contributed by atoms with van der Waals surface area (Å²) in [5, 5.41) is 21.6. The average Bonchev–Trinajstić information content (AvgIpc) is 2.60. The van der Waals surface area contributed by atoms with Crippen molar-refractivity contribution in [3.8, 4) is 11.5 Å². The Hall–Kier alpha value is -1.96. The topological polar surface area (TPSA) is 40.5 Å². The Labute approximate surface area is 209 Å². The minimum atomic E-state index is -0.120. The quantitative estimate of drug-likeness (QED) is 0.432. The normalized spacial score (nSPS) is 13.4. The standard InChI is InChI=1S/C32H50O2/c1-29(2,3)23-17-19-25(33)27(31(7,8)9)21(23)15-13-14-16-22-24(30(4,5)6)18-20-26(34)28(22)32(10,11)12/h17-20,33-34H,13-16H2,1-12H3. The van der Waals surface area contributed by atoms with E-state index < -0.39 is 0 Å². The van der Waals surface area contributed by atoms with Crippen LogP contribution in [0.5, 0.6) is 11.5 Å². The molecule has 0 amide bonds. The summed E-state index contributed by atoms with van der Waals surface area (Å²) in [4.78, 5) is 0. The molecule has 0 radical (unpaired) electrons. The van der Waals surface area contributed by atoms with E-state index in [1.54, 1.807) is 0 Å². The second kappa shape index (κ2) is 9.59. The minimum absolute atomic E-state index is 0.0209. The first kappa shape index (κ1) is 28.3. The summed E-state index contributed by atoms with van der Waals surface area (Å²) in [5.74, 6) is 0.821. The van der Waals surface area contributed by atoms with E-state index in [0.717, 1.165) is 36.8 Å². The molecule has 0 spiro atoms. The van der Waals surface area contributed by atoms with Crippen LogP contribution in [0.3, 0.4) is 0 Å². The van der Waals surface area contributed by atoms with Crippen LogP contribution < -0.4 is 0 Å². The van der Waals surface area contributed by atoms with E-state index >= 15 is 0 Å². The van der Waals surface area contributed by atoms with Crippen LogP contribution in [-0.2, 0) is 34.5 Å². The van der Waals surface area contributed by atoms with E-state index in [2.05, 4.69) is 95.2 Å². The maximum atomic E-state index is 10.8. The molecule has 2 N–H and O–H groups in total. The first-order valence-electron chi connectivity index (χ1n) is 13.0. The maximum Gasteiger partial charge on any atom is 0.119 e. The molecular formula is C32H50O2. The van der Waals surface area contributed by atoms with Crippen LogP contribution in [-0.4, -0.2) is 10.2 Å². The van der Waals surface area contributed by atoms with Crippen LogP contribution >= 0.6 is 0 Å². The Bertz CT molecular complexity index is 916. The number of aromatic hydroxyl groups is 2. The van der Waals surface area contributed by atoms with E-state index in [9.17, 15) is 10.2 Å². The monoisotopic (exact) mass is 466 g/mol. The molecular weight excluding hydrogens is 416 g/mol. The Morgan fingerprint density at radius 2 is 0.765 bits per heavy atom. The molecule has 2 heteroatoms. The smallest absolute Gasteiger partial charge is 0.119 e. The van der Waals surface area contributed by atoms with Crippen LogP contribution in [0.1, 0.15) is 129 Å². The van der Waals surface area contributed by atoms with E-state index in [4.69, 9.17) is 0 Å². The molecule has 0 aliphatic heterocycles. The zero-order valence-corrected chi connectivity index (χ0v) is 24.0. The third kappa shape index (κ3) is 6.37. The summed E-state index contributed by atoms with van der Waals surface area (Å²) < 4.78 is 0. The fourth-order valence-electron chi connectivity index (χ4n) is 5.47. The molecule has 2 nitrogen and oxygen atoms in total. The molecule has 2 aromatic carbocycles. The molecule has 0 heterocycles. The number of rotatable bonds is 5. The molecule has 0 unspecified atom stereocenters. The van der Waals surface area contributed by atoms with Gasteiger partial charge in [-0.25, -0.2) is 0 Å². The number of unbranched alkanes of at least 4 members (excludes halogenated alkanes) is 1. The lowest BCUT2D eigenvalue weighted by Gasteiger charge is -2.32. The highest BCUT2D eigenvalue weighted by molar-refractivity contribution is 5.51.